The average Bonchev–Trinajstić information content (AvgIpc) is 3.38. The van der Waals surface area contributed by atoms with Crippen LogP contribution in [0.1, 0.15) is 25.0 Å². The highest BCUT2D eigenvalue weighted by atomic mass is 16.3. The molecule has 5 aromatic carbocycles. The van der Waals surface area contributed by atoms with Gasteiger partial charge in [-0.05, 0) is 69.8 Å². The van der Waals surface area contributed by atoms with E-state index >= 15 is 0 Å². The monoisotopic (exact) mass is 451 g/mol. The van der Waals surface area contributed by atoms with Crippen LogP contribution in [-0.4, -0.2) is 0 Å². The number of furan rings is 1. The van der Waals surface area contributed by atoms with E-state index in [-0.39, 0.29) is 5.41 Å². The number of fused-ring (bicyclic) bond motifs is 6. The SMILES string of the molecule is CC1(C)c2ccccc2-c2ccc(Nc3cccc4oc5cc(-c6ccccc6)ccc5c34)cc21. The topological polar surface area (TPSA) is 25.2 Å². The Morgan fingerprint density at radius 2 is 1.40 bits per heavy atom. The highest BCUT2D eigenvalue weighted by Gasteiger charge is 2.35. The summed E-state index contributed by atoms with van der Waals surface area (Å²) in [6.07, 6.45) is 0. The summed E-state index contributed by atoms with van der Waals surface area (Å²) in [5.74, 6) is 0. The molecule has 0 saturated carbocycles. The predicted molar refractivity (Wildman–Crippen MR) is 146 cm³/mol. The van der Waals surface area contributed by atoms with E-state index in [2.05, 4.69) is 116 Å². The van der Waals surface area contributed by atoms with Crippen LogP contribution in [0, 0.1) is 0 Å². The second kappa shape index (κ2) is 7.35. The molecule has 1 N–H and O–H groups in total. The van der Waals surface area contributed by atoms with Gasteiger partial charge in [0.1, 0.15) is 11.2 Å². The first-order valence-corrected chi connectivity index (χ1v) is 12.1. The van der Waals surface area contributed by atoms with Crippen molar-refractivity contribution in [2.45, 2.75) is 19.3 Å². The molecule has 1 aliphatic carbocycles. The van der Waals surface area contributed by atoms with Crippen LogP contribution in [0.4, 0.5) is 11.4 Å². The predicted octanol–water partition coefficient (Wildman–Crippen LogP) is 9.30. The maximum absolute atomic E-state index is 6.30. The zero-order valence-corrected chi connectivity index (χ0v) is 19.8. The lowest BCUT2D eigenvalue weighted by Crippen LogP contribution is -2.15. The highest BCUT2D eigenvalue weighted by molar-refractivity contribution is 6.12. The molecule has 6 aromatic rings. The van der Waals surface area contributed by atoms with E-state index < -0.39 is 0 Å². The lowest BCUT2D eigenvalue weighted by Gasteiger charge is -2.22. The molecule has 0 unspecified atom stereocenters. The van der Waals surface area contributed by atoms with Gasteiger partial charge < -0.3 is 9.73 Å². The number of hydrogen-bond donors (Lipinski definition) is 1. The molecular formula is C33H25NO. The number of benzene rings is 5. The van der Waals surface area contributed by atoms with Gasteiger partial charge in [0.15, 0.2) is 0 Å². The quantitative estimate of drug-likeness (QED) is 0.290. The third kappa shape index (κ3) is 3.03. The zero-order chi connectivity index (χ0) is 23.6. The van der Waals surface area contributed by atoms with E-state index in [0.29, 0.717) is 0 Å². The normalized spacial score (nSPS) is 13.7. The largest absolute Gasteiger partial charge is 0.456 e. The van der Waals surface area contributed by atoms with Crippen LogP contribution in [-0.2, 0) is 5.41 Å². The smallest absolute Gasteiger partial charge is 0.137 e. The fraction of sp³-hybridized carbons (Fsp3) is 0.0909. The molecule has 0 spiro atoms. The van der Waals surface area contributed by atoms with Crippen molar-refractivity contribution >= 4 is 33.3 Å². The van der Waals surface area contributed by atoms with Crippen LogP contribution < -0.4 is 5.32 Å². The van der Waals surface area contributed by atoms with Gasteiger partial charge >= 0.3 is 0 Å². The molecule has 1 heterocycles. The number of anilines is 2. The molecule has 0 aliphatic heterocycles. The molecule has 0 fully saturated rings. The number of rotatable bonds is 3. The van der Waals surface area contributed by atoms with Crippen molar-refractivity contribution in [3.8, 4) is 22.3 Å². The summed E-state index contributed by atoms with van der Waals surface area (Å²) < 4.78 is 6.30. The molecule has 2 heteroatoms. The van der Waals surface area contributed by atoms with Crippen molar-refractivity contribution in [1.82, 2.24) is 0 Å². The average molecular weight is 452 g/mol. The summed E-state index contributed by atoms with van der Waals surface area (Å²) in [6, 6.07) is 38.7. The van der Waals surface area contributed by atoms with Gasteiger partial charge in [0.25, 0.3) is 0 Å². The van der Waals surface area contributed by atoms with Gasteiger partial charge in [0.05, 0.1) is 11.1 Å². The molecule has 1 aliphatic rings. The Morgan fingerprint density at radius 3 is 2.29 bits per heavy atom. The summed E-state index contributed by atoms with van der Waals surface area (Å²) in [5.41, 5.74) is 11.7. The molecule has 168 valence electrons. The van der Waals surface area contributed by atoms with Gasteiger partial charge in [0, 0.05) is 16.5 Å². The molecule has 0 atom stereocenters. The summed E-state index contributed by atoms with van der Waals surface area (Å²) in [5, 5.41) is 5.94. The molecule has 35 heavy (non-hydrogen) atoms. The minimum atomic E-state index is -0.0220. The third-order valence-corrected chi connectivity index (χ3v) is 7.47. The first-order valence-electron chi connectivity index (χ1n) is 12.1. The van der Waals surface area contributed by atoms with Crippen LogP contribution in [0.15, 0.2) is 114 Å². The van der Waals surface area contributed by atoms with Crippen LogP contribution in [0.2, 0.25) is 0 Å². The molecule has 2 nitrogen and oxygen atoms in total. The van der Waals surface area contributed by atoms with E-state index in [1.165, 1.54) is 27.8 Å². The lowest BCUT2D eigenvalue weighted by molar-refractivity contribution is 0.660. The Bertz CT molecular complexity index is 1740. The molecule has 0 bridgehead atoms. The first kappa shape index (κ1) is 20.1. The molecule has 0 amide bonds. The minimum absolute atomic E-state index is 0.0220. The van der Waals surface area contributed by atoms with Crippen molar-refractivity contribution in [2.24, 2.45) is 0 Å². The Kier molecular flexibility index (Phi) is 4.22. The maximum Gasteiger partial charge on any atom is 0.137 e. The van der Waals surface area contributed by atoms with E-state index in [4.69, 9.17) is 4.42 Å². The van der Waals surface area contributed by atoms with Crippen LogP contribution in [0.3, 0.4) is 0 Å². The fourth-order valence-corrected chi connectivity index (χ4v) is 5.68. The maximum atomic E-state index is 6.30. The molecule has 0 radical (unpaired) electrons. The molecule has 1 aromatic heterocycles. The Balaban J connectivity index is 1.32. The van der Waals surface area contributed by atoms with E-state index in [0.717, 1.165) is 38.9 Å². The standard InChI is InChI=1S/C33H25NO/c1-33(2)27-12-7-6-11-24(27)25-18-16-23(20-28(25)33)34-29-13-8-14-30-32(29)26-17-15-22(19-31(26)35-30)21-9-4-3-5-10-21/h3-20,34H,1-2H3. The van der Waals surface area contributed by atoms with Crippen LogP contribution in [0.5, 0.6) is 0 Å². The van der Waals surface area contributed by atoms with Gasteiger partial charge in [-0.2, -0.15) is 0 Å². The minimum Gasteiger partial charge on any atom is -0.456 e. The summed E-state index contributed by atoms with van der Waals surface area (Å²) in [7, 11) is 0. The molecule has 7 rings (SSSR count). The van der Waals surface area contributed by atoms with E-state index in [1.54, 1.807) is 0 Å². The van der Waals surface area contributed by atoms with Gasteiger partial charge in [-0.1, -0.05) is 86.6 Å². The molecular weight excluding hydrogens is 426 g/mol. The summed E-state index contributed by atoms with van der Waals surface area (Å²) >= 11 is 0. The van der Waals surface area contributed by atoms with Gasteiger partial charge in [0.2, 0.25) is 0 Å². The van der Waals surface area contributed by atoms with Crippen molar-refractivity contribution < 1.29 is 4.42 Å². The third-order valence-electron chi connectivity index (χ3n) is 7.47. The Labute approximate surface area is 204 Å². The lowest BCUT2D eigenvalue weighted by atomic mass is 9.82. The van der Waals surface area contributed by atoms with Crippen molar-refractivity contribution in [1.29, 1.82) is 0 Å². The van der Waals surface area contributed by atoms with Crippen molar-refractivity contribution in [3.05, 3.63) is 120 Å². The van der Waals surface area contributed by atoms with E-state index in [1.807, 2.05) is 12.1 Å². The Hall–Kier alpha value is -4.30. The van der Waals surface area contributed by atoms with Crippen molar-refractivity contribution in [3.63, 3.8) is 0 Å². The van der Waals surface area contributed by atoms with Gasteiger partial charge in [-0.3, -0.25) is 0 Å². The highest BCUT2D eigenvalue weighted by Crippen LogP contribution is 2.49. The van der Waals surface area contributed by atoms with Gasteiger partial charge in [-0.15, -0.1) is 0 Å². The molecule has 0 saturated heterocycles. The van der Waals surface area contributed by atoms with Crippen LogP contribution in [0.25, 0.3) is 44.2 Å². The Morgan fingerprint density at radius 1 is 0.600 bits per heavy atom. The second-order valence-corrected chi connectivity index (χ2v) is 9.91. The first-order chi connectivity index (χ1) is 17.1. The summed E-state index contributed by atoms with van der Waals surface area (Å²) in [6.45, 7) is 4.63. The zero-order valence-electron chi connectivity index (χ0n) is 19.8. The second-order valence-electron chi connectivity index (χ2n) is 9.91. The summed E-state index contributed by atoms with van der Waals surface area (Å²) in [4.78, 5) is 0. The number of hydrogen-bond acceptors (Lipinski definition) is 2. The van der Waals surface area contributed by atoms with Crippen molar-refractivity contribution in [2.75, 3.05) is 5.32 Å². The fourth-order valence-electron chi connectivity index (χ4n) is 5.68. The van der Waals surface area contributed by atoms with E-state index in [9.17, 15) is 0 Å². The number of nitrogens with one attached hydrogen (secondary N) is 1. The van der Waals surface area contributed by atoms with Crippen LogP contribution >= 0.6 is 0 Å². The van der Waals surface area contributed by atoms with Gasteiger partial charge in [-0.25, -0.2) is 0 Å².